The maximum Gasteiger partial charge on any atom is 0.337 e. The highest BCUT2D eigenvalue weighted by Crippen LogP contribution is 2.30. The molecule has 8 nitrogen and oxygen atoms in total. The van der Waals surface area contributed by atoms with E-state index < -0.39 is 11.6 Å². The van der Waals surface area contributed by atoms with E-state index in [2.05, 4.69) is 20.6 Å². The molecule has 1 N–H and O–H groups in total. The number of halogens is 1. The van der Waals surface area contributed by atoms with Crippen LogP contribution < -0.4 is 5.69 Å². The number of rotatable bonds is 7. The van der Waals surface area contributed by atoms with Gasteiger partial charge in [0.05, 0.1) is 12.2 Å². The van der Waals surface area contributed by atoms with Gasteiger partial charge < -0.3 is 0 Å². The molecular formula is C27H23ClN6O2. The summed E-state index contributed by atoms with van der Waals surface area (Å²) in [6.45, 7) is 2.31. The lowest BCUT2D eigenvalue weighted by atomic mass is 9.98. The number of aromatic amines is 1. The quantitative estimate of drug-likeness (QED) is 0.346. The Morgan fingerprint density at radius 1 is 0.944 bits per heavy atom. The van der Waals surface area contributed by atoms with Crippen molar-refractivity contribution in [3.05, 3.63) is 111 Å². The molecule has 0 radical (unpaired) electrons. The largest absolute Gasteiger partial charge is 0.337 e. The van der Waals surface area contributed by atoms with Gasteiger partial charge in [-0.2, -0.15) is 0 Å². The molecule has 0 saturated heterocycles. The number of nitrogens with zero attached hydrogens (tertiary/aromatic N) is 5. The van der Waals surface area contributed by atoms with Crippen molar-refractivity contribution in [2.75, 3.05) is 0 Å². The molecule has 0 atom stereocenters. The summed E-state index contributed by atoms with van der Waals surface area (Å²) in [6.07, 6.45) is 1.37. The minimum Gasteiger partial charge on any atom is -0.290 e. The monoisotopic (exact) mass is 498 g/mol. The SMILES string of the molecule is CCCc1c(Cl)n(C(=O)c2ccccc2)c(=O)n1Cc1ccc(-c2ccccc2-c2nnn[nH]2)cc1. The molecular weight excluding hydrogens is 476 g/mol. The number of nitrogens with one attached hydrogen (secondary N) is 1. The zero-order valence-corrected chi connectivity index (χ0v) is 20.3. The van der Waals surface area contributed by atoms with Gasteiger partial charge in [-0.1, -0.05) is 91.7 Å². The highest BCUT2D eigenvalue weighted by molar-refractivity contribution is 6.31. The van der Waals surface area contributed by atoms with Crippen molar-refractivity contribution in [3.8, 4) is 22.5 Å². The molecule has 0 amide bonds. The van der Waals surface area contributed by atoms with E-state index >= 15 is 0 Å². The Balaban J connectivity index is 1.48. The first kappa shape index (κ1) is 23.4. The molecule has 5 rings (SSSR count). The summed E-state index contributed by atoms with van der Waals surface area (Å²) in [5.74, 6) is 0.153. The van der Waals surface area contributed by atoms with Crippen molar-refractivity contribution in [2.45, 2.75) is 26.3 Å². The van der Waals surface area contributed by atoms with Crippen LogP contribution >= 0.6 is 11.6 Å². The topological polar surface area (TPSA) is 98.5 Å². The standard InChI is InChI=1S/C27H23ClN6O2/c1-2-8-23-24(28)34(26(35)20-9-4-3-5-10-20)27(36)33(23)17-18-13-15-19(16-14-18)21-11-6-7-12-22(21)25-29-31-32-30-25/h3-7,9-16H,2,8,17H2,1H3,(H,29,30,31,32). The highest BCUT2D eigenvalue weighted by atomic mass is 35.5. The summed E-state index contributed by atoms with van der Waals surface area (Å²) >= 11 is 6.60. The molecule has 0 aliphatic rings. The molecule has 2 aromatic heterocycles. The second kappa shape index (κ2) is 10.1. The van der Waals surface area contributed by atoms with Gasteiger partial charge in [-0.15, -0.1) is 5.10 Å². The highest BCUT2D eigenvalue weighted by Gasteiger charge is 2.23. The van der Waals surface area contributed by atoms with Crippen LogP contribution in [-0.2, 0) is 13.0 Å². The third kappa shape index (κ3) is 4.38. The number of benzene rings is 3. The first-order valence-corrected chi connectivity index (χ1v) is 12.0. The van der Waals surface area contributed by atoms with Gasteiger partial charge in [0, 0.05) is 11.1 Å². The van der Waals surface area contributed by atoms with E-state index in [4.69, 9.17) is 11.6 Å². The second-order valence-corrected chi connectivity index (χ2v) is 8.71. The summed E-state index contributed by atoms with van der Waals surface area (Å²) in [5, 5.41) is 14.4. The van der Waals surface area contributed by atoms with Crippen LogP contribution in [0.4, 0.5) is 0 Å². The van der Waals surface area contributed by atoms with Crippen LogP contribution in [0.25, 0.3) is 22.5 Å². The number of carbonyl (C=O) groups excluding carboxylic acids is 1. The molecule has 0 saturated carbocycles. The molecule has 0 fully saturated rings. The fourth-order valence-electron chi connectivity index (χ4n) is 4.27. The Morgan fingerprint density at radius 2 is 1.64 bits per heavy atom. The lowest BCUT2D eigenvalue weighted by Gasteiger charge is -2.10. The molecule has 0 aliphatic carbocycles. The Bertz CT molecular complexity index is 1550. The first-order chi connectivity index (χ1) is 17.6. The van der Waals surface area contributed by atoms with Crippen molar-refractivity contribution in [1.82, 2.24) is 29.8 Å². The molecule has 3 aromatic carbocycles. The maximum atomic E-state index is 13.4. The number of tetrazole rings is 1. The Labute approximate surface area is 212 Å². The van der Waals surface area contributed by atoms with Crippen molar-refractivity contribution < 1.29 is 4.79 Å². The van der Waals surface area contributed by atoms with E-state index in [9.17, 15) is 9.59 Å². The van der Waals surface area contributed by atoms with E-state index in [1.165, 1.54) is 0 Å². The summed E-state index contributed by atoms with van der Waals surface area (Å²) in [4.78, 5) is 26.5. The smallest absolute Gasteiger partial charge is 0.290 e. The van der Waals surface area contributed by atoms with Crippen molar-refractivity contribution in [1.29, 1.82) is 0 Å². The molecule has 2 heterocycles. The minimum atomic E-state index is -0.440. The zero-order chi connectivity index (χ0) is 25.1. The van der Waals surface area contributed by atoms with Crippen LogP contribution in [0.2, 0.25) is 5.15 Å². The summed E-state index contributed by atoms with van der Waals surface area (Å²) < 4.78 is 2.66. The zero-order valence-electron chi connectivity index (χ0n) is 19.6. The van der Waals surface area contributed by atoms with Crippen molar-refractivity contribution >= 4 is 17.5 Å². The molecule has 9 heteroatoms. The first-order valence-electron chi connectivity index (χ1n) is 11.6. The van der Waals surface area contributed by atoms with Crippen molar-refractivity contribution in [2.24, 2.45) is 0 Å². The van der Waals surface area contributed by atoms with E-state index in [1.54, 1.807) is 28.8 Å². The van der Waals surface area contributed by atoms with Crippen molar-refractivity contribution in [3.63, 3.8) is 0 Å². The van der Waals surface area contributed by atoms with Crippen LogP contribution in [0.15, 0.2) is 83.7 Å². The molecule has 5 aromatic rings. The third-order valence-electron chi connectivity index (χ3n) is 6.03. The molecule has 36 heavy (non-hydrogen) atoms. The predicted octanol–water partition coefficient (Wildman–Crippen LogP) is 4.84. The number of aromatic nitrogens is 6. The molecule has 0 bridgehead atoms. The number of imidazole rings is 1. The fraction of sp³-hybridized carbons (Fsp3) is 0.148. The normalized spacial score (nSPS) is 11.1. The summed E-state index contributed by atoms with van der Waals surface area (Å²) in [7, 11) is 0. The van der Waals surface area contributed by atoms with E-state index in [1.807, 2.05) is 61.5 Å². The second-order valence-electron chi connectivity index (χ2n) is 8.36. The Morgan fingerprint density at radius 3 is 2.31 bits per heavy atom. The van der Waals surface area contributed by atoms with Gasteiger partial charge in [-0.25, -0.2) is 14.5 Å². The van der Waals surface area contributed by atoms with Crippen LogP contribution in [0, 0.1) is 0 Å². The van der Waals surface area contributed by atoms with Gasteiger partial charge in [-0.05, 0) is 45.7 Å². The van der Waals surface area contributed by atoms with E-state index in [-0.39, 0.29) is 5.15 Å². The van der Waals surface area contributed by atoms with Gasteiger partial charge in [0.1, 0.15) is 5.15 Å². The van der Waals surface area contributed by atoms with Crippen LogP contribution in [0.1, 0.15) is 35.0 Å². The van der Waals surface area contributed by atoms with E-state index in [0.29, 0.717) is 30.0 Å². The average molecular weight is 499 g/mol. The Kier molecular flexibility index (Phi) is 6.60. The molecule has 0 spiro atoms. The van der Waals surface area contributed by atoms with Crippen LogP contribution in [0.5, 0.6) is 0 Å². The number of carbonyl (C=O) groups is 1. The maximum absolute atomic E-state index is 13.4. The molecule has 0 unspecified atom stereocenters. The van der Waals surface area contributed by atoms with Gasteiger partial charge in [0.2, 0.25) is 0 Å². The van der Waals surface area contributed by atoms with Gasteiger partial charge in [0.15, 0.2) is 5.82 Å². The number of hydrogen-bond acceptors (Lipinski definition) is 5. The average Bonchev–Trinajstić information content (AvgIpc) is 3.53. The number of H-pyrrole nitrogens is 1. The van der Waals surface area contributed by atoms with Gasteiger partial charge in [-0.3, -0.25) is 9.36 Å². The summed E-state index contributed by atoms with van der Waals surface area (Å²) in [5.41, 5.74) is 4.39. The van der Waals surface area contributed by atoms with Gasteiger partial charge >= 0.3 is 5.69 Å². The fourth-order valence-corrected chi connectivity index (χ4v) is 4.62. The lowest BCUT2D eigenvalue weighted by Crippen LogP contribution is -2.30. The molecule has 180 valence electrons. The van der Waals surface area contributed by atoms with Crippen LogP contribution in [-0.4, -0.2) is 35.7 Å². The van der Waals surface area contributed by atoms with Gasteiger partial charge in [0.25, 0.3) is 5.91 Å². The third-order valence-corrected chi connectivity index (χ3v) is 6.41. The van der Waals surface area contributed by atoms with Crippen LogP contribution in [0.3, 0.4) is 0 Å². The summed E-state index contributed by atoms with van der Waals surface area (Å²) in [6, 6.07) is 24.5. The minimum absolute atomic E-state index is 0.168. The lowest BCUT2D eigenvalue weighted by molar-refractivity contribution is 0.0955. The predicted molar refractivity (Wildman–Crippen MR) is 138 cm³/mol. The van der Waals surface area contributed by atoms with E-state index in [0.717, 1.165) is 33.2 Å². The Hall–Kier alpha value is -4.30. The number of hydrogen-bond donors (Lipinski definition) is 1. The molecule has 0 aliphatic heterocycles.